The summed E-state index contributed by atoms with van der Waals surface area (Å²) in [6.07, 6.45) is 2.07. The predicted octanol–water partition coefficient (Wildman–Crippen LogP) is 4.71. The Labute approximate surface area is 183 Å². The molecular weight excluding hydrogens is 456 g/mol. The zero-order valence-electron chi connectivity index (χ0n) is 16.3. The molecule has 164 valence electrons. The van der Waals surface area contributed by atoms with Gasteiger partial charge in [0.25, 0.3) is 0 Å². The van der Waals surface area contributed by atoms with Crippen LogP contribution in [0, 0.1) is 23.3 Å². The summed E-state index contributed by atoms with van der Waals surface area (Å²) in [5.41, 5.74) is -0.459. The van der Waals surface area contributed by atoms with E-state index in [9.17, 15) is 22.4 Å². The molecule has 2 aromatic heterocycles. The van der Waals surface area contributed by atoms with Gasteiger partial charge in [0.2, 0.25) is 0 Å². The molecule has 0 atom stereocenters. The van der Waals surface area contributed by atoms with Gasteiger partial charge in [0.05, 0.1) is 24.8 Å². The largest absolute Gasteiger partial charge is 0.465 e. The van der Waals surface area contributed by atoms with Gasteiger partial charge in [-0.25, -0.2) is 22.4 Å². The predicted molar refractivity (Wildman–Crippen MR) is 112 cm³/mol. The molecule has 2 N–H and O–H groups in total. The molecule has 0 aliphatic rings. The molecular formula is C19H16F4N4O2S2. The number of carbonyl (C=O) groups is 1. The number of nitrogens with one attached hydrogen (secondary N) is 2. The molecule has 0 aliphatic heterocycles. The fourth-order valence-electron chi connectivity index (χ4n) is 2.66. The van der Waals surface area contributed by atoms with Crippen molar-refractivity contribution in [3.05, 3.63) is 63.7 Å². The monoisotopic (exact) mass is 472 g/mol. The van der Waals surface area contributed by atoms with E-state index in [0.29, 0.717) is 17.0 Å². The third kappa shape index (κ3) is 5.02. The van der Waals surface area contributed by atoms with Crippen molar-refractivity contribution in [1.29, 1.82) is 0 Å². The SMILES string of the molecule is CCc1cc(C(=O)OC)c(NC(=S)Nc2ccn(Cc3c(F)c(F)cc(F)c3F)n2)s1. The number of ether oxygens (including phenoxy) is 1. The third-order valence-corrected chi connectivity index (χ3v) is 5.57. The number of hydrogen-bond donors (Lipinski definition) is 2. The van der Waals surface area contributed by atoms with Crippen LogP contribution in [-0.2, 0) is 17.7 Å². The Morgan fingerprint density at radius 3 is 2.48 bits per heavy atom. The highest BCUT2D eigenvalue weighted by molar-refractivity contribution is 7.80. The lowest BCUT2D eigenvalue weighted by Crippen LogP contribution is -2.20. The molecule has 12 heteroatoms. The first-order chi connectivity index (χ1) is 14.7. The minimum absolute atomic E-state index is 0.106. The summed E-state index contributed by atoms with van der Waals surface area (Å²) < 4.78 is 60.3. The zero-order valence-corrected chi connectivity index (χ0v) is 17.9. The van der Waals surface area contributed by atoms with Gasteiger partial charge in [0.15, 0.2) is 34.2 Å². The van der Waals surface area contributed by atoms with E-state index in [1.54, 1.807) is 6.07 Å². The molecule has 0 saturated heterocycles. The first kappa shape index (κ1) is 22.7. The maximum Gasteiger partial charge on any atom is 0.340 e. The number of thiocarbonyl (C=S) groups is 1. The first-order valence-electron chi connectivity index (χ1n) is 8.87. The maximum absolute atomic E-state index is 13.8. The lowest BCUT2D eigenvalue weighted by Gasteiger charge is -2.09. The number of rotatable bonds is 6. The normalized spacial score (nSPS) is 10.8. The molecule has 0 radical (unpaired) electrons. The molecule has 6 nitrogen and oxygen atoms in total. The Kier molecular flexibility index (Phi) is 6.91. The number of benzene rings is 1. The average Bonchev–Trinajstić information content (AvgIpc) is 3.35. The Balaban J connectivity index is 1.72. The molecule has 0 bridgehead atoms. The summed E-state index contributed by atoms with van der Waals surface area (Å²) in [4.78, 5) is 12.9. The van der Waals surface area contributed by atoms with Crippen molar-refractivity contribution in [2.24, 2.45) is 0 Å². The lowest BCUT2D eigenvalue weighted by atomic mass is 10.2. The van der Waals surface area contributed by atoms with Crippen LogP contribution in [0.3, 0.4) is 0 Å². The third-order valence-electron chi connectivity index (χ3n) is 4.17. The van der Waals surface area contributed by atoms with E-state index in [4.69, 9.17) is 17.0 Å². The smallest absolute Gasteiger partial charge is 0.340 e. The van der Waals surface area contributed by atoms with Crippen molar-refractivity contribution < 1.29 is 27.1 Å². The summed E-state index contributed by atoms with van der Waals surface area (Å²) >= 11 is 6.56. The van der Waals surface area contributed by atoms with E-state index < -0.39 is 41.3 Å². The van der Waals surface area contributed by atoms with Gasteiger partial charge >= 0.3 is 5.97 Å². The van der Waals surface area contributed by atoms with Crippen molar-refractivity contribution in [1.82, 2.24) is 9.78 Å². The second-order valence-electron chi connectivity index (χ2n) is 6.23. The Morgan fingerprint density at radius 2 is 1.87 bits per heavy atom. The standard InChI is InChI=1S/C19H16F4N4O2S2/c1-3-9-6-10(18(28)29-2)17(31-9)25-19(30)24-14-4-5-27(26-14)8-11-15(22)12(20)7-13(21)16(11)23/h4-7H,3,8H2,1-2H3,(H2,24,25,26,30). The number of thiophene rings is 1. The summed E-state index contributed by atoms with van der Waals surface area (Å²) in [7, 11) is 1.27. The number of carbonyl (C=O) groups excluding carboxylic acids is 1. The number of aryl methyl sites for hydroxylation is 1. The number of anilines is 2. The summed E-state index contributed by atoms with van der Waals surface area (Å²) in [6.45, 7) is 1.40. The number of esters is 1. The van der Waals surface area contributed by atoms with Gasteiger partial charge in [-0.05, 0) is 24.7 Å². The summed E-state index contributed by atoms with van der Waals surface area (Å²) in [5.74, 6) is -6.26. The quantitative estimate of drug-likeness (QED) is 0.235. The fourth-order valence-corrected chi connectivity index (χ4v) is 3.92. The van der Waals surface area contributed by atoms with Crippen LogP contribution >= 0.6 is 23.6 Å². The molecule has 31 heavy (non-hydrogen) atoms. The minimum Gasteiger partial charge on any atom is -0.465 e. The van der Waals surface area contributed by atoms with Crippen LogP contribution in [0.1, 0.15) is 27.7 Å². The van der Waals surface area contributed by atoms with E-state index >= 15 is 0 Å². The number of methoxy groups -OCH3 is 1. The van der Waals surface area contributed by atoms with Gasteiger partial charge in [0, 0.05) is 23.2 Å². The molecule has 0 spiro atoms. The molecule has 0 aliphatic carbocycles. The maximum atomic E-state index is 13.8. The van der Waals surface area contributed by atoms with Gasteiger partial charge in [-0.3, -0.25) is 4.68 Å². The van der Waals surface area contributed by atoms with E-state index in [-0.39, 0.29) is 17.0 Å². The number of hydrogen-bond acceptors (Lipinski definition) is 5. The van der Waals surface area contributed by atoms with Crippen LogP contribution < -0.4 is 10.6 Å². The van der Waals surface area contributed by atoms with E-state index in [1.165, 1.54) is 30.7 Å². The molecule has 0 saturated carbocycles. The van der Waals surface area contributed by atoms with Gasteiger partial charge in [0.1, 0.15) is 5.00 Å². The van der Waals surface area contributed by atoms with Gasteiger partial charge in [-0.2, -0.15) is 5.10 Å². The van der Waals surface area contributed by atoms with Crippen molar-refractivity contribution in [2.75, 3.05) is 17.7 Å². The lowest BCUT2D eigenvalue weighted by molar-refractivity contribution is 0.0602. The second-order valence-corrected chi connectivity index (χ2v) is 7.77. The highest BCUT2D eigenvalue weighted by Crippen LogP contribution is 2.29. The molecule has 3 aromatic rings. The Morgan fingerprint density at radius 1 is 1.19 bits per heavy atom. The molecule has 2 heterocycles. The number of aromatic nitrogens is 2. The van der Waals surface area contributed by atoms with Crippen LogP contribution in [0.4, 0.5) is 28.4 Å². The van der Waals surface area contributed by atoms with Crippen LogP contribution in [0.5, 0.6) is 0 Å². The van der Waals surface area contributed by atoms with Crippen LogP contribution in [0.2, 0.25) is 0 Å². The van der Waals surface area contributed by atoms with Crippen LogP contribution in [-0.4, -0.2) is 28.0 Å². The fraction of sp³-hybridized carbons (Fsp3) is 0.211. The minimum atomic E-state index is -1.49. The number of halogens is 4. The van der Waals surface area contributed by atoms with Gasteiger partial charge in [-0.1, -0.05) is 6.92 Å². The van der Waals surface area contributed by atoms with Crippen molar-refractivity contribution in [2.45, 2.75) is 19.9 Å². The number of nitrogens with zero attached hydrogens (tertiary/aromatic N) is 2. The summed E-state index contributed by atoms with van der Waals surface area (Å²) in [6, 6.07) is 3.30. The summed E-state index contributed by atoms with van der Waals surface area (Å²) in [5, 5.41) is 10.3. The highest BCUT2D eigenvalue weighted by Gasteiger charge is 2.20. The molecule has 0 amide bonds. The van der Waals surface area contributed by atoms with Crippen LogP contribution in [0.25, 0.3) is 0 Å². The van der Waals surface area contributed by atoms with E-state index in [0.717, 1.165) is 9.56 Å². The average molecular weight is 472 g/mol. The molecule has 1 aromatic carbocycles. The van der Waals surface area contributed by atoms with E-state index in [1.807, 2.05) is 6.92 Å². The van der Waals surface area contributed by atoms with Crippen molar-refractivity contribution >= 4 is 45.5 Å². The first-order valence-corrected chi connectivity index (χ1v) is 10.1. The van der Waals surface area contributed by atoms with Gasteiger partial charge < -0.3 is 15.4 Å². The molecule has 0 unspecified atom stereocenters. The Bertz CT molecular complexity index is 1120. The zero-order chi connectivity index (χ0) is 22.7. The van der Waals surface area contributed by atoms with Crippen LogP contribution in [0.15, 0.2) is 24.4 Å². The topological polar surface area (TPSA) is 68.2 Å². The second kappa shape index (κ2) is 9.43. The highest BCUT2D eigenvalue weighted by atomic mass is 32.1. The Hall–Kier alpha value is -2.99. The van der Waals surface area contributed by atoms with Crippen molar-refractivity contribution in [3.63, 3.8) is 0 Å². The van der Waals surface area contributed by atoms with Crippen molar-refractivity contribution in [3.8, 4) is 0 Å². The molecule has 3 rings (SSSR count). The molecule has 0 fully saturated rings. The van der Waals surface area contributed by atoms with E-state index in [2.05, 4.69) is 15.7 Å². The van der Waals surface area contributed by atoms with Gasteiger partial charge in [-0.15, -0.1) is 11.3 Å².